The zero-order valence-corrected chi connectivity index (χ0v) is 17.4. The van der Waals surface area contributed by atoms with Crippen LogP contribution in [-0.2, 0) is 0 Å². The molecular weight excluding hydrogens is 395 g/mol. The summed E-state index contributed by atoms with van der Waals surface area (Å²) in [6.45, 7) is 0. The molecule has 2 heterocycles. The first-order valence-electron chi connectivity index (χ1n) is 10.7. The molecule has 160 valence electrons. The Labute approximate surface area is 180 Å². The molecule has 5 rings (SSSR count). The topological polar surface area (TPSA) is 84.9 Å². The Balaban J connectivity index is 1.18. The van der Waals surface area contributed by atoms with Gasteiger partial charge in [0.05, 0.1) is 24.6 Å². The maximum Gasteiger partial charge on any atom is 0.242 e. The molecule has 0 saturated heterocycles. The average molecular weight is 420 g/mol. The molecule has 0 bridgehead atoms. The lowest BCUT2D eigenvalue weighted by atomic mass is 10.1. The Bertz CT molecular complexity index is 1040. The number of methoxy groups -OCH3 is 1. The summed E-state index contributed by atoms with van der Waals surface area (Å²) in [6, 6.07) is 9.15. The predicted octanol–water partition coefficient (Wildman–Crippen LogP) is 4.40. The minimum absolute atomic E-state index is 0.299. The standard InChI is InChI=1S/C23H25FN6O/c1-31-20-4-2-3-18(24)22(20)15-7-10-21(25-12-15)27-16-8-9-17(11-16)28-23-26-13-19(29-30-23)14-5-6-14/h2-4,7,10,12-14,16-17H,5-6,8-9,11H2,1H3,(H,25,27)(H,26,28,30)/t16-,17-/m0/s1. The summed E-state index contributed by atoms with van der Waals surface area (Å²) in [7, 11) is 1.54. The number of halogens is 1. The Morgan fingerprint density at radius 1 is 0.935 bits per heavy atom. The number of aromatic nitrogens is 4. The molecule has 2 atom stereocenters. The van der Waals surface area contributed by atoms with Gasteiger partial charge in [0, 0.05) is 29.8 Å². The summed E-state index contributed by atoms with van der Waals surface area (Å²) >= 11 is 0. The van der Waals surface area contributed by atoms with Crippen LogP contribution in [0.15, 0.2) is 42.7 Å². The van der Waals surface area contributed by atoms with Gasteiger partial charge in [0.25, 0.3) is 0 Å². The minimum atomic E-state index is -0.326. The number of nitrogens with one attached hydrogen (secondary N) is 2. The van der Waals surface area contributed by atoms with Crippen LogP contribution >= 0.6 is 0 Å². The molecule has 2 aliphatic carbocycles. The quantitative estimate of drug-likeness (QED) is 0.586. The number of nitrogens with zero attached hydrogens (tertiary/aromatic N) is 4. The molecule has 0 aliphatic heterocycles. The van der Waals surface area contributed by atoms with E-state index >= 15 is 0 Å². The van der Waals surface area contributed by atoms with Crippen LogP contribution in [0.3, 0.4) is 0 Å². The zero-order chi connectivity index (χ0) is 21.2. The predicted molar refractivity (Wildman–Crippen MR) is 117 cm³/mol. The fourth-order valence-electron chi connectivity index (χ4n) is 4.13. The lowest BCUT2D eigenvalue weighted by molar-refractivity contribution is 0.413. The fourth-order valence-corrected chi connectivity index (χ4v) is 4.13. The third kappa shape index (κ3) is 4.42. The van der Waals surface area contributed by atoms with E-state index in [9.17, 15) is 4.39 Å². The van der Waals surface area contributed by atoms with Crippen molar-refractivity contribution >= 4 is 11.8 Å². The van der Waals surface area contributed by atoms with Crippen molar-refractivity contribution in [3.63, 3.8) is 0 Å². The van der Waals surface area contributed by atoms with Crippen LogP contribution in [0.25, 0.3) is 11.1 Å². The Hall–Kier alpha value is -3.29. The van der Waals surface area contributed by atoms with E-state index in [0.29, 0.717) is 40.8 Å². The molecule has 0 radical (unpaired) electrons. The first-order chi connectivity index (χ1) is 15.2. The largest absolute Gasteiger partial charge is 0.496 e. The van der Waals surface area contributed by atoms with Gasteiger partial charge in [-0.05, 0) is 56.4 Å². The Morgan fingerprint density at radius 3 is 2.45 bits per heavy atom. The van der Waals surface area contributed by atoms with Crippen molar-refractivity contribution in [3.05, 3.63) is 54.2 Å². The van der Waals surface area contributed by atoms with Crippen LogP contribution in [0.2, 0.25) is 0 Å². The van der Waals surface area contributed by atoms with E-state index in [1.165, 1.54) is 26.0 Å². The van der Waals surface area contributed by atoms with Gasteiger partial charge in [0.2, 0.25) is 5.95 Å². The van der Waals surface area contributed by atoms with Gasteiger partial charge in [0.15, 0.2) is 0 Å². The van der Waals surface area contributed by atoms with E-state index < -0.39 is 0 Å². The van der Waals surface area contributed by atoms with Crippen molar-refractivity contribution < 1.29 is 9.13 Å². The van der Waals surface area contributed by atoms with E-state index in [0.717, 1.165) is 30.8 Å². The molecule has 2 fully saturated rings. The summed E-state index contributed by atoms with van der Waals surface area (Å²) in [4.78, 5) is 8.90. The van der Waals surface area contributed by atoms with Crippen LogP contribution in [0.5, 0.6) is 5.75 Å². The van der Waals surface area contributed by atoms with Gasteiger partial charge in [-0.3, -0.25) is 0 Å². The van der Waals surface area contributed by atoms with E-state index in [4.69, 9.17) is 4.74 Å². The molecule has 7 nitrogen and oxygen atoms in total. The highest BCUT2D eigenvalue weighted by atomic mass is 19.1. The normalized spacial score (nSPS) is 20.5. The second-order valence-electron chi connectivity index (χ2n) is 8.23. The summed E-state index contributed by atoms with van der Waals surface area (Å²) in [5, 5.41) is 15.4. The fraction of sp³-hybridized carbons (Fsp3) is 0.391. The first-order valence-corrected chi connectivity index (χ1v) is 10.7. The molecule has 8 heteroatoms. The highest BCUT2D eigenvalue weighted by Gasteiger charge is 2.27. The van der Waals surface area contributed by atoms with Crippen LogP contribution in [-0.4, -0.2) is 39.4 Å². The molecule has 2 N–H and O–H groups in total. The molecule has 2 saturated carbocycles. The third-order valence-corrected chi connectivity index (χ3v) is 5.94. The zero-order valence-electron chi connectivity index (χ0n) is 17.4. The number of benzene rings is 1. The molecule has 2 aliphatic rings. The molecule has 1 aromatic carbocycles. The summed E-state index contributed by atoms with van der Waals surface area (Å²) < 4.78 is 19.6. The lowest BCUT2D eigenvalue weighted by Gasteiger charge is -2.15. The van der Waals surface area contributed by atoms with Gasteiger partial charge < -0.3 is 15.4 Å². The molecule has 3 aromatic rings. The molecular formula is C23H25FN6O. The van der Waals surface area contributed by atoms with E-state index in [1.54, 1.807) is 18.3 Å². The Morgan fingerprint density at radius 2 is 1.77 bits per heavy atom. The molecule has 31 heavy (non-hydrogen) atoms. The SMILES string of the molecule is COc1cccc(F)c1-c1ccc(N[C@H]2CC[C@H](Nc3ncc(C4CC4)nn3)C2)nc1. The molecule has 0 amide bonds. The minimum Gasteiger partial charge on any atom is -0.496 e. The summed E-state index contributed by atoms with van der Waals surface area (Å²) in [5.74, 6) is 2.10. The van der Waals surface area contributed by atoms with E-state index in [-0.39, 0.29) is 5.82 Å². The average Bonchev–Trinajstić information content (AvgIpc) is 3.55. The van der Waals surface area contributed by atoms with Crippen molar-refractivity contribution in [2.45, 2.75) is 50.1 Å². The van der Waals surface area contributed by atoms with Crippen LogP contribution in [0.4, 0.5) is 16.2 Å². The summed E-state index contributed by atoms with van der Waals surface area (Å²) in [6.07, 6.45) is 8.90. The van der Waals surface area contributed by atoms with E-state index in [2.05, 4.69) is 30.8 Å². The molecule has 0 spiro atoms. The first kappa shape index (κ1) is 19.7. The number of pyridine rings is 1. The van der Waals surface area contributed by atoms with Gasteiger partial charge >= 0.3 is 0 Å². The maximum absolute atomic E-state index is 14.3. The molecule has 2 aromatic heterocycles. The summed E-state index contributed by atoms with van der Waals surface area (Å²) in [5.41, 5.74) is 2.11. The van der Waals surface area contributed by atoms with Crippen molar-refractivity contribution in [3.8, 4) is 16.9 Å². The van der Waals surface area contributed by atoms with Crippen molar-refractivity contribution in [2.75, 3.05) is 17.7 Å². The van der Waals surface area contributed by atoms with Crippen LogP contribution in [0.1, 0.15) is 43.7 Å². The third-order valence-electron chi connectivity index (χ3n) is 5.94. The number of anilines is 2. The van der Waals surface area contributed by atoms with Gasteiger partial charge in [-0.25, -0.2) is 14.4 Å². The number of hydrogen-bond acceptors (Lipinski definition) is 7. The molecule has 0 unspecified atom stereocenters. The second-order valence-corrected chi connectivity index (χ2v) is 8.23. The van der Waals surface area contributed by atoms with Crippen molar-refractivity contribution in [1.82, 2.24) is 20.2 Å². The van der Waals surface area contributed by atoms with Gasteiger partial charge in [-0.15, -0.1) is 10.2 Å². The second kappa shape index (κ2) is 8.45. The highest BCUT2D eigenvalue weighted by Crippen LogP contribution is 2.38. The van der Waals surface area contributed by atoms with Crippen LogP contribution < -0.4 is 15.4 Å². The van der Waals surface area contributed by atoms with Crippen LogP contribution in [0, 0.1) is 5.82 Å². The van der Waals surface area contributed by atoms with Gasteiger partial charge in [0.1, 0.15) is 17.4 Å². The number of rotatable bonds is 7. The maximum atomic E-state index is 14.3. The number of hydrogen-bond donors (Lipinski definition) is 2. The van der Waals surface area contributed by atoms with E-state index in [1.807, 2.05) is 18.3 Å². The van der Waals surface area contributed by atoms with Gasteiger partial charge in [-0.1, -0.05) is 6.07 Å². The van der Waals surface area contributed by atoms with Gasteiger partial charge in [-0.2, -0.15) is 0 Å². The lowest BCUT2D eigenvalue weighted by Crippen LogP contribution is -2.22. The van der Waals surface area contributed by atoms with Crippen molar-refractivity contribution in [1.29, 1.82) is 0 Å². The highest BCUT2D eigenvalue weighted by molar-refractivity contribution is 5.71. The number of ether oxygens (including phenoxy) is 1. The smallest absolute Gasteiger partial charge is 0.242 e. The van der Waals surface area contributed by atoms with Crippen molar-refractivity contribution in [2.24, 2.45) is 0 Å². The Kier molecular flexibility index (Phi) is 5.36. The monoisotopic (exact) mass is 420 g/mol.